The van der Waals surface area contributed by atoms with Crippen molar-refractivity contribution in [2.24, 2.45) is 5.73 Å². The lowest BCUT2D eigenvalue weighted by Gasteiger charge is -2.04. The molecule has 110 valence electrons. The van der Waals surface area contributed by atoms with Crippen molar-refractivity contribution in [2.75, 3.05) is 5.32 Å². The molecule has 0 aliphatic heterocycles. The maximum atomic E-state index is 12.1. The normalized spacial score (nSPS) is 10.6. The first-order chi connectivity index (χ1) is 9.95. The number of nitrogens with zero attached hydrogens (tertiary/aromatic N) is 1. The molecule has 0 unspecified atom stereocenters. The second-order valence-corrected chi connectivity index (χ2v) is 6.41. The Hall–Kier alpha value is -1.79. The molecule has 0 saturated heterocycles. The van der Waals surface area contributed by atoms with Gasteiger partial charge in [0.25, 0.3) is 5.91 Å². The highest BCUT2D eigenvalue weighted by atomic mass is 32.1. The van der Waals surface area contributed by atoms with E-state index in [0.717, 1.165) is 11.3 Å². The quantitative estimate of drug-likeness (QED) is 0.829. The molecule has 0 bridgehead atoms. The molecule has 4 nitrogen and oxygen atoms in total. The van der Waals surface area contributed by atoms with Crippen LogP contribution in [0.4, 0.5) is 5.13 Å². The zero-order valence-electron chi connectivity index (χ0n) is 11.9. The standard InChI is InChI=1S/C15H17N3OS2/c1-9(2)12-8-21-15(17-12)18-14(19)11-5-3-10(4-6-11)7-13(16)20/h3-6,8-9H,7H2,1-2H3,(H2,16,20)(H,17,18,19). The van der Waals surface area contributed by atoms with Gasteiger partial charge < -0.3 is 5.73 Å². The van der Waals surface area contributed by atoms with E-state index in [2.05, 4.69) is 24.1 Å². The van der Waals surface area contributed by atoms with Crippen LogP contribution in [0.3, 0.4) is 0 Å². The van der Waals surface area contributed by atoms with Gasteiger partial charge in [-0.1, -0.05) is 38.2 Å². The molecule has 1 heterocycles. The largest absolute Gasteiger partial charge is 0.393 e. The fourth-order valence-electron chi connectivity index (χ4n) is 1.75. The summed E-state index contributed by atoms with van der Waals surface area (Å²) < 4.78 is 0. The Labute approximate surface area is 133 Å². The third-order valence-corrected chi connectivity index (χ3v) is 3.85. The summed E-state index contributed by atoms with van der Waals surface area (Å²) in [6, 6.07) is 7.24. The molecule has 0 saturated carbocycles. The van der Waals surface area contributed by atoms with Gasteiger partial charge in [0.15, 0.2) is 5.13 Å². The Morgan fingerprint density at radius 1 is 1.38 bits per heavy atom. The number of rotatable bonds is 5. The lowest BCUT2D eigenvalue weighted by Crippen LogP contribution is -2.13. The Bertz CT molecular complexity index is 647. The van der Waals surface area contributed by atoms with E-state index in [1.54, 1.807) is 12.1 Å². The molecule has 1 aromatic heterocycles. The van der Waals surface area contributed by atoms with Gasteiger partial charge >= 0.3 is 0 Å². The molecule has 0 spiro atoms. The van der Waals surface area contributed by atoms with E-state index in [9.17, 15) is 4.79 Å². The van der Waals surface area contributed by atoms with Gasteiger partial charge in [0.05, 0.1) is 10.7 Å². The van der Waals surface area contributed by atoms with E-state index in [4.69, 9.17) is 18.0 Å². The number of anilines is 1. The van der Waals surface area contributed by atoms with E-state index in [1.807, 2.05) is 17.5 Å². The Kier molecular flexibility index (Phi) is 5.03. The molecule has 1 aromatic carbocycles. The molecule has 21 heavy (non-hydrogen) atoms. The van der Waals surface area contributed by atoms with Gasteiger partial charge in [-0.2, -0.15) is 0 Å². The minimum Gasteiger partial charge on any atom is -0.393 e. The zero-order valence-corrected chi connectivity index (χ0v) is 13.6. The monoisotopic (exact) mass is 319 g/mol. The summed E-state index contributed by atoms with van der Waals surface area (Å²) in [5.41, 5.74) is 8.07. The van der Waals surface area contributed by atoms with E-state index >= 15 is 0 Å². The van der Waals surface area contributed by atoms with Crippen molar-refractivity contribution in [3.05, 3.63) is 46.5 Å². The van der Waals surface area contributed by atoms with E-state index in [-0.39, 0.29) is 5.91 Å². The molecule has 6 heteroatoms. The number of amides is 1. The van der Waals surface area contributed by atoms with Crippen LogP contribution in [0.5, 0.6) is 0 Å². The van der Waals surface area contributed by atoms with Gasteiger partial charge in [-0.3, -0.25) is 10.1 Å². The Morgan fingerprint density at radius 2 is 2.05 bits per heavy atom. The Balaban J connectivity index is 2.04. The first-order valence-corrected chi connectivity index (χ1v) is 7.88. The molecular weight excluding hydrogens is 302 g/mol. The molecular formula is C15H17N3OS2. The lowest BCUT2D eigenvalue weighted by molar-refractivity contribution is 0.102. The number of thiocarbonyl (C=S) groups is 1. The first-order valence-electron chi connectivity index (χ1n) is 6.59. The van der Waals surface area contributed by atoms with Gasteiger partial charge in [-0.05, 0) is 23.6 Å². The predicted molar refractivity (Wildman–Crippen MR) is 91.1 cm³/mol. The van der Waals surface area contributed by atoms with Crippen molar-refractivity contribution in [2.45, 2.75) is 26.2 Å². The first kappa shape index (κ1) is 15.6. The van der Waals surface area contributed by atoms with Crippen molar-refractivity contribution in [3.63, 3.8) is 0 Å². The van der Waals surface area contributed by atoms with Crippen LogP contribution in [0.25, 0.3) is 0 Å². The predicted octanol–water partition coefficient (Wildman–Crippen LogP) is 3.35. The number of nitrogens with one attached hydrogen (secondary N) is 1. The fourth-order valence-corrected chi connectivity index (χ4v) is 2.79. The number of hydrogen-bond donors (Lipinski definition) is 2. The minimum atomic E-state index is -0.165. The van der Waals surface area contributed by atoms with E-state index in [0.29, 0.717) is 28.0 Å². The number of benzene rings is 1. The average molecular weight is 319 g/mol. The molecule has 1 amide bonds. The van der Waals surface area contributed by atoms with Crippen LogP contribution in [-0.4, -0.2) is 15.9 Å². The van der Waals surface area contributed by atoms with Crippen LogP contribution in [-0.2, 0) is 6.42 Å². The molecule has 0 aliphatic rings. The summed E-state index contributed by atoms with van der Waals surface area (Å²) in [7, 11) is 0. The van der Waals surface area contributed by atoms with Crippen LogP contribution < -0.4 is 11.1 Å². The van der Waals surface area contributed by atoms with Crippen LogP contribution >= 0.6 is 23.6 Å². The maximum absolute atomic E-state index is 12.1. The number of hydrogen-bond acceptors (Lipinski definition) is 4. The van der Waals surface area contributed by atoms with E-state index < -0.39 is 0 Å². The summed E-state index contributed by atoms with van der Waals surface area (Å²) in [6.45, 7) is 4.14. The minimum absolute atomic E-state index is 0.165. The molecule has 0 aliphatic carbocycles. The van der Waals surface area contributed by atoms with Crippen molar-refractivity contribution in [1.29, 1.82) is 0 Å². The average Bonchev–Trinajstić information content (AvgIpc) is 2.87. The van der Waals surface area contributed by atoms with Crippen molar-refractivity contribution < 1.29 is 4.79 Å². The lowest BCUT2D eigenvalue weighted by atomic mass is 10.1. The van der Waals surface area contributed by atoms with Gasteiger partial charge in [0, 0.05) is 17.4 Å². The van der Waals surface area contributed by atoms with Crippen LogP contribution in [0, 0.1) is 0 Å². The summed E-state index contributed by atoms with van der Waals surface area (Å²) >= 11 is 6.30. The molecule has 2 aromatic rings. The Morgan fingerprint density at radius 3 is 2.57 bits per heavy atom. The SMILES string of the molecule is CC(C)c1csc(NC(=O)c2ccc(CC(N)=S)cc2)n1. The van der Waals surface area contributed by atoms with Crippen molar-refractivity contribution in [3.8, 4) is 0 Å². The second kappa shape index (κ2) is 6.78. The van der Waals surface area contributed by atoms with Crippen molar-refractivity contribution >= 4 is 39.6 Å². The smallest absolute Gasteiger partial charge is 0.257 e. The number of nitrogens with two attached hydrogens (primary N) is 1. The van der Waals surface area contributed by atoms with Gasteiger partial charge in [-0.15, -0.1) is 11.3 Å². The van der Waals surface area contributed by atoms with Crippen LogP contribution in [0.2, 0.25) is 0 Å². The van der Waals surface area contributed by atoms with Gasteiger partial charge in [-0.25, -0.2) is 4.98 Å². The fraction of sp³-hybridized carbons (Fsp3) is 0.267. The molecule has 0 atom stereocenters. The van der Waals surface area contributed by atoms with Crippen LogP contribution in [0.1, 0.15) is 41.4 Å². The molecule has 3 N–H and O–H groups in total. The third kappa shape index (κ3) is 4.34. The number of carbonyl (C=O) groups is 1. The number of thiazole rings is 1. The summed E-state index contributed by atoms with van der Waals surface area (Å²) in [5.74, 6) is 0.188. The third-order valence-electron chi connectivity index (χ3n) is 2.93. The number of carbonyl (C=O) groups excluding carboxylic acids is 1. The topological polar surface area (TPSA) is 68.0 Å². The van der Waals surface area contributed by atoms with Crippen LogP contribution in [0.15, 0.2) is 29.6 Å². The van der Waals surface area contributed by atoms with Gasteiger partial charge in [0.2, 0.25) is 0 Å². The van der Waals surface area contributed by atoms with Gasteiger partial charge in [0.1, 0.15) is 0 Å². The summed E-state index contributed by atoms with van der Waals surface area (Å²) in [4.78, 5) is 17.0. The summed E-state index contributed by atoms with van der Waals surface area (Å²) in [6.07, 6.45) is 0.543. The second-order valence-electron chi connectivity index (χ2n) is 5.03. The molecule has 2 rings (SSSR count). The highest BCUT2D eigenvalue weighted by Gasteiger charge is 2.10. The number of aromatic nitrogens is 1. The highest BCUT2D eigenvalue weighted by molar-refractivity contribution is 7.80. The highest BCUT2D eigenvalue weighted by Crippen LogP contribution is 2.22. The van der Waals surface area contributed by atoms with Crippen molar-refractivity contribution in [1.82, 2.24) is 4.98 Å². The molecule has 0 radical (unpaired) electrons. The summed E-state index contributed by atoms with van der Waals surface area (Å²) in [5, 5.41) is 5.40. The maximum Gasteiger partial charge on any atom is 0.257 e. The molecule has 0 fully saturated rings. The van der Waals surface area contributed by atoms with E-state index in [1.165, 1.54) is 11.3 Å². The zero-order chi connectivity index (χ0) is 15.4.